The quantitative estimate of drug-likeness (QED) is 0.713. The van der Waals surface area contributed by atoms with E-state index in [9.17, 15) is 4.79 Å². The molecule has 0 fully saturated rings. The van der Waals surface area contributed by atoms with E-state index in [1.165, 1.54) is 0 Å². The van der Waals surface area contributed by atoms with Crippen LogP contribution in [-0.2, 0) is 4.79 Å². The van der Waals surface area contributed by atoms with Crippen LogP contribution in [0.1, 0.15) is 39.0 Å². The second-order valence-electron chi connectivity index (χ2n) is 5.26. The second-order valence-corrected chi connectivity index (χ2v) is 6.37. The van der Waals surface area contributed by atoms with E-state index in [4.69, 9.17) is 5.73 Å². The molecule has 0 aliphatic rings. The van der Waals surface area contributed by atoms with Crippen LogP contribution in [0.4, 0.5) is 5.69 Å². The van der Waals surface area contributed by atoms with Crippen LogP contribution in [0.25, 0.3) is 11.0 Å². The number of hydrogen-bond acceptors (Lipinski definition) is 4. The molecule has 0 radical (unpaired) electrons. The standard InChI is InChI=1S/C15H22N4OSe/c1-2-4-11(9-10-16)7-8-14(20)17-12-5-3-6-13-15(12)19-21-18-13/h3,5-6,11H,2,4,7-10,16H2,1H3,(H,17,20). The minimum atomic E-state index is -0.0729. The Hall–Kier alpha value is -1.23. The van der Waals surface area contributed by atoms with E-state index in [1.807, 2.05) is 18.2 Å². The molecule has 1 aromatic carbocycles. The van der Waals surface area contributed by atoms with Crippen LogP contribution in [0.15, 0.2) is 18.2 Å². The van der Waals surface area contributed by atoms with Gasteiger partial charge >= 0.3 is 131 Å². The number of nitrogens with one attached hydrogen (secondary N) is 1. The van der Waals surface area contributed by atoms with Gasteiger partial charge in [-0.2, -0.15) is 0 Å². The van der Waals surface area contributed by atoms with Gasteiger partial charge in [0.15, 0.2) is 0 Å². The molecular formula is C15H22N4OSe. The molecule has 114 valence electrons. The molecule has 0 spiro atoms. The molecule has 0 saturated heterocycles. The molecular weight excluding hydrogens is 331 g/mol. The fraction of sp³-hybridized carbons (Fsp3) is 0.533. The van der Waals surface area contributed by atoms with Crippen molar-refractivity contribution in [2.45, 2.75) is 39.0 Å². The summed E-state index contributed by atoms with van der Waals surface area (Å²) in [5.41, 5.74) is 8.13. The normalized spacial score (nSPS) is 12.5. The summed E-state index contributed by atoms with van der Waals surface area (Å²) in [6.07, 6.45) is 4.72. The molecule has 0 saturated carbocycles. The molecule has 5 nitrogen and oxygen atoms in total. The average Bonchev–Trinajstić information content (AvgIpc) is 2.95. The number of benzene rings is 1. The average molecular weight is 353 g/mol. The molecule has 0 bridgehead atoms. The van der Waals surface area contributed by atoms with E-state index in [1.54, 1.807) is 0 Å². The first kappa shape index (κ1) is 16.1. The van der Waals surface area contributed by atoms with Crippen molar-refractivity contribution in [3.05, 3.63) is 18.2 Å². The molecule has 1 aromatic heterocycles. The number of amides is 1. The number of aromatic nitrogens is 2. The Balaban J connectivity index is 1.91. The van der Waals surface area contributed by atoms with Crippen molar-refractivity contribution < 1.29 is 4.79 Å². The summed E-state index contributed by atoms with van der Waals surface area (Å²) in [6, 6.07) is 5.73. The molecule has 3 N–H and O–H groups in total. The van der Waals surface area contributed by atoms with Gasteiger partial charge in [-0.05, 0) is 0 Å². The van der Waals surface area contributed by atoms with Gasteiger partial charge < -0.3 is 0 Å². The first-order valence-corrected chi connectivity index (χ1v) is 8.99. The van der Waals surface area contributed by atoms with Crippen LogP contribution >= 0.6 is 0 Å². The Morgan fingerprint density at radius 2 is 2.19 bits per heavy atom. The third kappa shape index (κ3) is 4.63. The molecule has 1 atom stereocenters. The van der Waals surface area contributed by atoms with Gasteiger partial charge in [-0.3, -0.25) is 0 Å². The van der Waals surface area contributed by atoms with Gasteiger partial charge in [0, 0.05) is 0 Å². The third-order valence-electron chi connectivity index (χ3n) is 3.61. The van der Waals surface area contributed by atoms with E-state index in [-0.39, 0.29) is 20.9 Å². The number of nitrogens with zero attached hydrogens (tertiary/aromatic N) is 2. The maximum atomic E-state index is 12.1. The molecule has 1 heterocycles. The third-order valence-corrected chi connectivity index (χ3v) is 4.75. The van der Waals surface area contributed by atoms with Gasteiger partial charge in [-0.1, -0.05) is 0 Å². The molecule has 21 heavy (non-hydrogen) atoms. The van der Waals surface area contributed by atoms with Crippen LogP contribution in [0.5, 0.6) is 0 Å². The van der Waals surface area contributed by atoms with E-state index in [0.717, 1.165) is 42.4 Å². The van der Waals surface area contributed by atoms with E-state index in [0.29, 0.717) is 18.9 Å². The summed E-state index contributed by atoms with van der Waals surface area (Å²) >= 11 is -0.0729. The summed E-state index contributed by atoms with van der Waals surface area (Å²) in [6.45, 7) is 2.87. The van der Waals surface area contributed by atoms with Crippen molar-refractivity contribution in [3.63, 3.8) is 0 Å². The minimum absolute atomic E-state index is 0.0520. The number of carbonyl (C=O) groups excluding carboxylic acids is 1. The van der Waals surface area contributed by atoms with E-state index < -0.39 is 0 Å². The Morgan fingerprint density at radius 3 is 2.95 bits per heavy atom. The molecule has 2 rings (SSSR count). The molecule has 1 amide bonds. The molecule has 2 aromatic rings. The van der Waals surface area contributed by atoms with Gasteiger partial charge in [-0.25, -0.2) is 0 Å². The van der Waals surface area contributed by atoms with Crippen molar-refractivity contribution in [1.82, 2.24) is 7.96 Å². The van der Waals surface area contributed by atoms with Crippen molar-refractivity contribution in [1.29, 1.82) is 0 Å². The monoisotopic (exact) mass is 354 g/mol. The van der Waals surface area contributed by atoms with Gasteiger partial charge in [0.2, 0.25) is 0 Å². The van der Waals surface area contributed by atoms with Crippen molar-refractivity contribution in [2.75, 3.05) is 11.9 Å². The fourth-order valence-corrected chi connectivity index (χ4v) is 3.69. The Labute approximate surface area is 131 Å². The van der Waals surface area contributed by atoms with Crippen molar-refractivity contribution in [2.24, 2.45) is 11.7 Å². The number of hydrogen-bond donors (Lipinski definition) is 2. The Morgan fingerprint density at radius 1 is 1.33 bits per heavy atom. The van der Waals surface area contributed by atoms with E-state index >= 15 is 0 Å². The van der Waals surface area contributed by atoms with Crippen molar-refractivity contribution in [3.8, 4) is 0 Å². The summed E-state index contributed by atoms with van der Waals surface area (Å²) in [5, 5.41) is 2.97. The first-order chi connectivity index (χ1) is 10.2. The number of rotatable bonds is 8. The molecule has 0 aliphatic carbocycles. The van der Waals surface area contributed by atoms with Crippen LogP contribution in [0, 0.1) is 5.92 Å². The van der Waals surface area contributed by atoms with Gasteiger partial charge in [0.1, 0.15) is 0 Å². The zero-order chi connectivity index (χ0) is 15.1. The van der Waals surface area contributed by atoms with Crippen LogP contribution in [0.2, 0.25) is 0 Å². The number of carbonyl (C=O) groups is 1. The van der Waals surface area contributed by atoms with Gasteiger partial charge in [-0.15, -0.1) is 0 Å². The zero-order valence-electron chi connectivity index (χ0n) is 12.3. The number of nitrogens with two attached hydrogens (primary N) is 1. The Kier molecular flexibility index (Phi) is 6.36. The zero-order valence-corrected chi connectivity index (χ0v) is 14.1. The Bertz CT molecular complexity index is 578. The topological polar surface area (TPSA) is 80.9 Å². The van der Waals surface area contributed by atoms with Gasteiger partial charge in [0.25, 0.3) is 0 Å². The summed E-state index contributed by atoms with van der Waals surface area (Å²) in [7, 11) is 0. The molecule has 1 unspecified atom stereocenters. The second kappa shape index (κ2) is 8.27. The van der Waals surface area contributed by atoms with Crippen LogP contribution in [0.3, 0.4) is 0 Å². The maximum absolute atomic E-state index is 12.1. The predicted octanol–water partition coefficient (Wildman–Crippen LogP) is 2.17. The van der Waals surface area contributed by atoms with E-state index in [2.05, 4.69) is 20.2 Å². The summed E-state index contributed by atoms with van der Waals surface area (Å²) in [5.74, 6) is 0.603. The summed E-state index contributed by atoms with van der Waals surface area (Å²) < 4.78 is 8.69. The van der Waals surface area contributed by atoms with Crippen LogP contribution < -0.4 is 11.1 Å². The first-order valence-electron chi connectivity index (χ1n) is 7.45. The predicted molar refractivity (Wildman–Crippen MR) is 86.4 cm³/mol. The SMILES string of the molecule is CCCC(CCN)CCC(=O)Nc1cccc2n[se]nc12. The molecule has 6 heteroatoms. The number of anilines is 1. The summed E-state index contributed by atoms with van der Waals surface area (Å²) in [4.78, 5) is 12.1. The molecule has 0 aliphatic heterocycles. The van der Waals surface area contributed by atoms with Gasteiger partial charge in [0.05, 0.1) is 0 Å². The number of fused-ring (bicyclic) bond motifs is 1. The van der Waals surface area contributed by atoms with Crippen LogP contribution in [-0.4, -0.2) is 35.4 Å². The van der Waals surface area contributed by atoms with Crippen molar-refractivity contribution >= 4 is 37.6 Å². The fourth-order valence-electron chi connectivity index (χ4n) is 2.53.